The molecule has 2 N–H and O–H groups in total. The quantitative estimate of drug-likeness (QED) is 0.579. The fourth-order valence-corrected chi connectivity index (χ4v) is 4.22. The van der Waals surface area contributed by atoms with Crippen LogP contribution in [0, 0.1) is 0 Å². The lowest BCUT2D eigenvalue weighted by atomic mass is 10.0. The minimum Gasteiger partial charge on any atom is -0.497 e. The van der Waals surface area contributed by atoms with Crippen LogP contribution in [0.1, 0.15) is 30.1 Å². The second-order valence-electron chi connectivity index (χ2n) is 8.10. The number of aliphatic hydroxyl groups is 1. The number of likely N-dealkylation sites (tertiary alicyclic amines) is 1. The van der Waals surface area contributed by atoms with Crippen molar-refractivity contribution in [1.29, 1.82) is 0 Å². The predicted octanol–water partition coefficient (Wildman–Crippen LogP) is 4.04. The summed E-state index contributed by atoms with van der Waals surface area (Å²) in [4.78, 5) is 6.77. The maximum atomic E-state index is 10.9. The van der Waals surface area contributed by atoms with E-state index in [9.17, 15) is 5.11 Å². The summed E-state index contributed by atoms with van der Waals surface area (Å²) in [6.45, 7) is 3.50. The number of nitrogens with zero attached hydrogens (tertiary/aromatic N) is 2. The average molecular weight is 418 g/mol. The molecule has 31 heavy (non-hydrogen) atoms. The standard InChI is InChI=1S/C26H31N3O2/c1-31-22-9-10-25-24(18-22)23(11-15-28-25)26(30)19-29-16-12-21(13-17-29)27-14-5-8-20-6-3-2-4-7-20/h2-11,15,18,21,26-27,30H,12-14,16-17,19H2,1H3/b8-5+/t26-/m0/s1. The van der Waals surface area contributed by atoms with Gasteiger partial charge in [0.2, 0.25) is 0 Å². The van der Waals surface area contributed by atoms with Gasteiger partial charge in [-0.2, -0.15) is 0 Å². The summed E-state index contributed by atoms with van der Waals surface area (Å²) in [6, 6.07) is 18.6. The zero-order chi connectivity index (χ0) is 21.5. The fourth-order valence-electron chi connectivity index (χ4n) is 4.22. The largest absolute Gasteiger partial charge is 0.497 e. The van der Waals surface area contributed by atoms with Crippen molar-refractivity contribution in [2.75, 3.05) is 33.3 Å². The smallest absolute Gasteiger partial charge is 0.119 e. The number of ether oxygens (including phenoxy) is 1. The maximum absolute atomic E-state index is 10.9. The first-order chi connectivity index (χ1) is 15.2. The van der Waals surface area contributed by atoms with Crippen LogP contribution in [0.5, 0.6) is 5.75 Å². The lowest BCUT2D eigenvalue weighted by molar-refractivity contribution is 0.0955. The van der Waals surface area contributed by atoms with Crippen molar-refractivity contribution >= 4 is 17.0 Å². The summed E-state index contributed by atoms with van der Waals surface area (Å²) in [5.41, 5.74) is 3.02. The maximum Gasteiger partial charge on any atom is 0.119 e. The Labute approximate surface area is 184 Å². The molecule has 0 amide bonds. The van der Waals surface area contributed by atoms with E-state index in [1.54, 1.807) is 13.3 Å². The molecule has 162 valence electrons. The van der Waals surface area contributed by atoms with E-state index in [0.29, 0.717) is 12.6 Å². The molecule has 1 saturated heterocycles. The summed E-state index contributed by atoms with van der Waals surface area (Å²) in [5.74, 6) is 0.780. The first kappa shape index (κ1) is 21.5. The molecule has 0 radical (unpaired) electrons. The van der Waals surface area contributed by atoms with Gasteiger partial charge >= 0.3 is 0 Å². The van der Waals surface area contributed by atoms with E-state index in [0.717, 1.165) is 54.7 Å². The van der Waals surface area contributed by atoms with Gasteiger partial charge in [0.05, 0.1) is 18.7 Å². The van der Waals surface area contributed by atoms with Crippen LogP contribution >= 0.6 is 0 Å². The Hall–Kier alpha value is -2.73. The molecule has 2 heterocycles. The van der Waals surface area contributed by atoms with Crippen molar-refractivity contribution in [2.24, 2.45) is 0 Å². The second kappa shape index (κ2) is 10.5. The summed E-state index contributed by atoms with van der Waals surface area (Å²) in [6.07, 6.45) is 7.76. The first-order valence-corrected chi connectivity index (χ1v) is 11.0. The SMILES string of the molecule is COc1ccc2nccc([C@@H](O)CN3CCC(NC/C=C/c4ccccc4)CC3)c2c1. The molecule has 0 aliphatic carbocycles. The predicted molar refractivity (Wildman–Crippen MR) is 126 cm³/mol. The zero-order valence-corrected chi connectivity index (χ0v) is 18.1. The van der Waals surface area contributed by atoms with Crippen LogP contribution in [0.15, 0.2) is 66.9 Å². The van der Waals surface area contributed by atoms with E-state index in [1.807, 2.05) is 30.3 Å². The third-order valence-electron chi connectivity index (χ3n) is 5.99. The molecule has 4 rings (SSSR count). The van der Waals surface area contributed by atoms with Crippen LogP contribution in [0.4, 0.5) is 0 Å². The zero-order valence-electron chi connectivity index (χ0n) is 18.1. The normalized spacial score (nSPS) is 16.7. The Morgan fingerprint density at radius 3 is 2.74 bits per heavy atom. The molecule has 5 heteroatoms. The van der Waals surface area contributed by atoms with Crippen LogP contribution in [0.25, 0.3) is 17.0 Å². The minimum absolute atomic E-state index is 0.528. The summed E-state index contributed by atoms with van der Waals surface area (Å²) < 4.78 is 5.35. The number of pyridine rings is 1. The highest BCUT2D eigenvalue weighted by molar-refractivity contribution is 5.83. The van der Waals surface area contributed by atoms with Crippen molar-refractivity contribution in [3.8, 4) is 5.75 Å². The number of fused-ring (bicyclic) bond motifs is 1. The van der Waals surface area contributed by atoms with Crippen molar-refractivity contribution in [1.82, 2.24) is 15.2 Å². The van der Waals surface area contributed by atoms with E-state index in [1.165, 1.54) is 5.56 Å². The van der Waals surface area contributed by atoms with Gasteiger partial charge in [0, 0.05) is 30.7 Å². The molecule has 2 aromatic carbocycles. The van der Waals surface area contributed by atoms with Gasteiger partial charge in [-0.05, 0) is 61.3 Å². The number of aliphatic hydroxyl groups excluding tert-OH is 1. The van der Waals surface area contributed by atoms with Gasteiger partial charge in [-0.15, -0.1) is 0 Å². The van der Waals surface area contributed by atoms with Crippen LogP contribution in [0.2, 0.25) is 0 Å². The highest BCUT2D eigenvalue weighted by Gasteiger charge is 2.22. The molecule has 0 bridgehead atoms. The molecule has 0 saturated carbocycles. The Morgan fingerprint density at radius 2 is 1.97 bits per heavy atom. The van der Waals surface area contributed by atoms with Gasteiger partial charge in [0.1, 0.15) is 5.75 Å². The second-order valence-corrected chi connectivity index (χ2v) is 8.10. The van der Waals surface area contributed by atoms with Gasteiger partial charge in [-0.1, -0.05) is 42.5 Å². The number of nitrogens with one attached hydrogen (secondary N) is 1. The minimum atomic E-state index is -0.545. The number of β-amino-alcohol motifs (C(OH)–C–C–N with tert-alkyl or cyclic N) is 1. The first-order valence-electron chi connectivity index (χ1n) is 11.0. The topological polar surface area (TPSA) is 57.6 Å². The molecule has 1 atom stereocenters. The monoisotopic (exact) mass is 417 g/mol. The fraction of sp³-hybridized carbons (Fsp3) is 0.346. The van der Waals surface area contributed by atoms with E-state index in [4.69, 9.17) is 4.74 Å². The molecular formula is C26H31N3O2. The van der Waals surface area contributed by atoms with Crippen molar-refractivity contribution in [3.63, 3.8) is 0 Å². The lowest BCUT2D eigenvalue weighted by Crippen LogP contribution is -2.43. The lowest BCUT2D eigenvalue weighted by Gasteiger charge is -2.33. The molecule has 1 fully saturated rings. The summed E-state index contributed by atoms with van der Waals surface area (Å²) >= 11 is 0. The number of aromatic nitrogens is 1. The molecule has 0 spiro atoms. The Kier molecular flexibility index (Phi) is 7.30. The number of rotatable bonds is 8. The number of benzene rings is 2. The number of hydrogen-bond acceptors (Lipinski definition) is 5. The summed E-state index contributed by atoms with van der Waals surface area (Å²) in [5, 5.41) is 15.5. The Balaban J connectivity index is 1.27. The van der Waals surface area contributed by atoms with E-state index in [2.05, 4.69) is 51.6 Å². The van der Waals surface area contributed by atoms with E-state index in [-0.39, 0.29) is 0 Å². The molecular weight excluding hydrogens is 386 g/mol. The van der Waals surface area contributed by atoms with Gasteiger partial charge < -0.3 is 20.1 Å². The highest BCUT2D eigenvalue weighted by Crippen LogP contribution is 2.27. The number of methoxy groups -OCH3 is 1. The molecule has 1 aliphatic rings. The van der Waals surface area contributed by atoms with Crippen LogP contribution in [-0.4, -0.2) is 54.3 Å². The highest BCUT2D eigenvalue weighted by atomic mass is 16.5. The molecule has 0 unspecified atom stereocenters. The van der Waals surface area contributed by atoms with Crippen molar-refractivity contribution < 1.29 is 9.84 Å². The molecule has 5 nitrogen and oxygen atoms in total. The van der Waals surface area contributed by atoms with Crippen molar-refractivity contribution in [3.05, 3.63) is 78.0 Å². The molecule has 3 aromatic rings. The third kappa shape index (κ3) is 5.70. The third-order valence-corrected chi connectivity index (χ3v) is 5.99. The molecule has 1 aromatic heterocycles. The summed E-state index contributed by atoms with van der Waals surface area (Å²) in [7, 11) is 1.66. The van der Waals surface area contributed by atoms with Gasteiger partial charge in [-0.3, -0.25) is 4.98 Å². The Morgan fingerprint density at radius 1 is 1.16 bits per heavy atom. The van der Waals surface area contributed by atoms with Crippen LogP contribution < -0.4 is 10.1 Å². The van der Waals surface area contributed by atoms with E-state index >= 15 is 0 Å². The average Bonchev–Trinajstić information content (AvgIpc) is 2.82. The Bertz CT molecular complexity index is 998. The molecule has 1 aliphatic heterocycles. The number of hydrogen-bond donors (Lipinski definition) is 2. The van der Waals surface area contributed by atoms with E-state index < -0.39 is 6.10 Å². The van der Waals surface area contributed by atoms with Crippen molar-refractivity contribution in [2.45, 2.75) is 25.0 Å². The van der Waals surface area contributed by atoms with Gasteiger partial charge in [0.15, 0.2) is 0 Å². The van der Waals surface area contributed by atoms with Crippen LogP contribution in [-0.2, 0) is 0 Å². The van der Waals surface area contributed by atoms with Gasteiger partial charge in [-0.25, -0.2) is 0 Å². The number of piperidine rings is 1. The van der Waals surface area contributed by atoms with Crippen LogP contribution in [0.3, 0.4) is 0 Å². The van der Waals surface area contributed by atoms with Gasteiger partial charge in [0.25, 0.3) is 0 Å².